The topological polar surface area (TPSA) is 107 Å². The number of imide groups is 2. The molecule has 2 saturated heterocycles. The monoisotopic (exact) mass is 483 g/mol. The number of rotatable bonds is 4. The summed E-state index contributed by atoms with van der Waals surface area (Å²) in [7, 11) is 0. The second kappa shape index (κ2) is 8.31. The van der Waals surface area contributed by atoms with Gasteiger partial charge in [-0.2, -0.15) is 8.78 Å². The van der Waals surface area contributed by atoms with E-state index in [2.05, 4.69) is 5.32 Å². The van der Waals surface area contributed by atoms with E-state index in [4.69, 9.17) is 0 Å². The first-order chi connectivity index (χ1) is 16.6. The highest BCUT2D eigenvalue weighted by Crippen LogP contribution is 2.41. The van der Waals surface area contributed by atoms with Crippen LogP contribution >= 0.6 is 0 Å². The molecule has 2 N–H and O–H groups in total. The van der Waals surface area contributed by atoms with Gasteiger partial charge in [0.2, 0.25) is 11.8 Å². The summed E-state index contributed by atoms with van der Waals surface area (Å²) in [6.07, 6.45) is 0.0672. The minimum absolute atomic E-state index is 0.00715. The fraction of sp³-hybridized carbons (Fsp3) is 0.360. The molecule has 4 amide bonds. The average molecular weight is 483 g/mol. The van der Waals surface area contributed by atoms with E-state index < -0.39 is 41.3 Å². The van der Waals surface area contributed by atoms with E-state index in [-0.39, 0.29) is 55.5 Å². The van der Waals surface area contributed by atoms with Crippen LogP contribution in [0.3, 0.4) is 0 Å². The Kier molecular flexibility index (Phi) is 5.52. The van der Waals surface area contributed by atoms with Crippen molar-refractivity contribution in [2.24, 2.45) is 0 Å². The van der Waals surface area contributed by atoms with E-state index in [9.17, 15) is 33.1 Å². The summed E-state index contributed by atoms with van der Waals surface area (Å²) in [6, 6.07) is 7.54. The number of fused-ring (bicyclic) bond motifs is 1. The Hall–Kier alpha value is -3.50. The minimum atomic E-state index is -3.19. The molecule has 8 nitrogen and oxygen atoms in total. The van der Waals surface area contributed by atoms with Gasteiger partial charge in [-0.25, -0.2) is 4.90 Å². The van der Waals surface area contributed by atoms with Crippen molar-refractivity contribution >= 4 is 23.6 Å². The highest BCUT2D eigenvalue weighted by atomic mass is 19.3. The molecule has 0 spiro atoms. The largest absolute Gasteiger partial charge is 0.385 e. The van der Waals surface area contributed by atoms with Gasteiger partial charge in [0, 0.05) is 25.1 Å². The van der Waals surface area contributed by atoms with Crippen LogP contribution in [0, 0.1) is 0 Å². The van der Waals surface area contributed by atoms with E-state index in [0.717, 1.165) is 9.80 Å². The van der Waals surface area contributed by atoms with Crippen LogP contribution in [0.15, 0.2) is 48.5 Å². The van der Waals surface area contributed by atoms with E-state index >= 15 is 0 Å². The highest BCUT2D eigenvalue weighted by molar-refractivity contribution is 6.23. The second-order valence-corrected chi connectivity index (χ2v) is 9.13. The number of aliphatic hydroxyl groups is 1. The predicted molar refractivity (Wildman–Crippen MR) is 118 cm³/mol. The Morgan fingerprint density at radius 3 is 2.26 bits per heavy atom. The average Bonchev–Trinajstić information content (AvgIpc) is 3.09. The Labute approximate surface area is 199 Å². The van der Waals surface area contributed by atoms with E-state index in [1.54, 1.807) is 18.2 Å². The zero-order valence-electron chi connectivity index (χ0n) is 18.7. The molecule has 3 aliphatic heterocycles. The number of carbonyl (C=O) groups is 4. The molecule has 3 heterocycles. The first-order valence-electron chi connectivity index (χ1n) is 11.4. The molecular weight excluding hydrogens is 460 g/mol. The van der Waals surface area contributed by atoms with Crippen LogP contribution in [0.25, 0.3) is 0 Å². The van der Waals surface area contributed by atoms with E-state index in [0.29, 0.717) is 5.56 Å². The third kappa shape index (κ3) is 3.82. The molecule has 0 aliphatic carbocycles. The molecule has 35 heavy (non-hydrogen) atoms. The van der Waals surface area contributed by atoms with Crippen LogP contribution in [0.4, 0.5) is 8.78 Å². The van der Waals surface area contributed by atoms with Crippen LogP contribution in [-0.4, -0.2) is 57.7 Å². The van der Waals surface area contributed by atoms with Crippen LogP contribution in [0.2, 0.25) is 0 Å². The summed E-state index contributed by atoms with van der Waals surface area (Å²) in [4.78, 5) is 51.5. The molecule has 0 saturated carbocycles. The van der Waals surface area contributed by atoms with Crippen molar-refractivity contribution in [3.63, 3.8) is 0 Å². The normalized spacial score (nSPS) is 22.8. The third-order valence-corrected chi connectivity index (χ3v) is 7.09. The van der Waals surface area contributed by atoms with Crippen molar-refractivity contribution in [3.8, 4) is 0 Å². The molecule has 1 unspecified atom stereocenters. The minimum Gasteiger partial charge on any atom is -0.385 e. The fourth-order valence-electron chi connectivity index (χ4n) is 5.03. The van der Waals surface area contributed by atoms with Gasteiger partial charge in [-0.15, -0.1) is 0 Å². The number of amides is 4. The molecular formula is C25H23F2N3O5. The number of likely N-dealkylation sites (tertiary alicyclic amines) is 1. The molecule has 0 bridgehead atoms. The van der Waals surface area contributed by atoms with Crippen molar-refractivity contribution in [2.45, 2.75) is 43.4 Å². The zero-order chi connectivity index (χ0) is 25.0. The van der Waals surface area contributed by atoms with Crippen molar-refractivity contribution in [1.82, 2.24) is 15.1 Å². The van der Waals surface area contributed by atoms with Gasteiger partial charge in [0.1, 0.15) is 6.04 Å². The molecule has 0 aromatic heterocycles. The van der Waals surface area contributed by atoms with Crippen LogP contribution < -0.4 is 5.32 Å². The number of halogens is 2. The van der Waals surface area contributed by atoms with Crippen LogP contribution in [0.5, 0.6) is 0 Å². The third-order valence-electron chi connectivity index (χ3n) is 7.09. The van der Waals surface area contributed by atoms with Gasteiger partial charge in [-0.3, -0.25) is 29.4 Å². The summed E-state index contributed by atoms with van der Waals surface area (Å²) in [5, 5.41) is 13.4. The Morgan fingerprint density at radius 1 is 0.943 bits per heavy atom. The number of nitrogens with one attached hydrogen (secondary N) is 1. The van der Waals surface area contributed by atoms with Crippen molar-refractivity contribution < 1.29 is 33.1 Å². The number of benzene rings is 2. The first-order valence-corrected chi connectivity index (χ1v) is 11.4. The zero-order valence-corrected chi connectivity index (χ0v) is 18.7. The number of alkyl halides is 2. The van der Waals surface area contributed by atoms with Gasteiger partial charge in [-0.05, 0) is 37.0 Å². The first kappa shape index (κ1) is 23.3. The molecule has 2 fully saturated rings. The summed E-state index contributed by atoms with van der Waals surface area (Å²) in [5.41, 5.74) is -1.09. The quantitative estimate of drug-likeness (QED) is 0.510. The van der Waals surface area contributed by atoms with Gasteiger partial charge in [0.15, 0.2) is 0 Å². The Morgan fingerprint density at radius 2 is 1.60 bits per heavy atom. The smallest absolute Gasteiger partial charge is 0.331 e. The Balaban J connectivity index is 1.35. The van der Waals surface area contributed by atoms with Crippen LogP contribution in [0.1, 0.15) is 57.5 Å². The molecule has 182 valence electrons. The maximum atomic E-state index is 14.9. The highest BCUT2D eigenvalue weighted by Gasteiger charge is 2.47. The number of carbonyl (C=O) groups excluding carboxylic acids is 4. The second-order valence-electron chi connectivity index (χ2n) is 9.13. The van der Waals surface area contributed by atoms with Crippen LogP contribution in [-0.2, 0) is 21.2 Å². The maximum absolute atomic E-state index is 14.9. The van der Waals surface area contributed by atoms with Gasteiger partial charge in [0.25, 0.3) is 11.8 Å². The summed E-state index contributed by atoms with van der Waals surface area (Å²) >= 11 is 0. The molecule has 2 aromatic carbocycles. The number of nitrogens with zero attached hydrogens (tertiary/aromatic N) is 2. The molecule has 1 atom stereocenters. The molecule has 3 aliphatic rings. The van der Waals surface area contributed by atoms with Gasteiger partial charge >= 0.3 is 6.05 Å². The SMILES string of the molecule is O=C1CCC(N2C(=O)c3ccc(C4(O)CCN(C(F)(F)c5ccccc5)CC4)cc3C2=O)C(=O)N1. The summed E-state index contributed by atoms with van der Waals surface area (Å²) < 4.78 is 29.9. The molecule has 10 heteroatoms. The van der Waals surface area contributed by atoms with E-state index in [1.807, 2.05) is 0 Å². The van der Waals surface area contributed by atoms with Crippen molar-refractivity contribution in [2.75, 3.05) is 13.1 Å². The predicted octanol–water partition coefficient (Wildman–Crippen LogP) is 2.12. The number of piperidine rings is 2. The molecule has 5 rings (SSSR count). The number of hydrogen-bond acceptors (Lipinski definition) is 6. The summed E-state index contributed by atoms with van der Waals surface area (Å²) in [6.45, 7) is -0.157. The summed E-state index contributed by atoms with van der Waals surface area (Å²) in [5.74, 6) is -2.49. The standard InChI is InChI=1S/C25H23F2N3O5/c26-25(27,15-4-2-1-3-5-15)29-12-10-24(35,11-13-29)16-6-7-17-18(14-16)23(34)30(22(17)33)19-8-9-20(31)28-21(19)32/h1-7,14,19,35H,8-13H2,(H,28,31,32). The maximum Gasteiger partial charge on any atom is 0.331 e. The Bertz CT molecular complexity index is 1220. The fourth-order valence-corrected chi connectivity index (χ4v) is 5.03. The van der Waals surface area contributed by atoms with Gasteiger partial charge < -0.3 is 5.11 Å². The lowest BCUT2D eigenvalue weighted by atomic mass is 9.83. The van der Waals surface area contributed by atoms with Crippen molar-refractivity contribution in [3.05, 3.63) is 70.8 Å². The van der Waals surface area contributed by atoms with Gasteiger partial charge in [-0.1, -0.05) is 36.4 Å². The molecule has 2 aromatic rings. The number of hydrogen-bond donors (Lipinski definition) is 2. The lowest BCUT2D eigenvalue weighted by Crippen LogP contribution is -2.54. The lowest BCUT2D eigenvalue weighted by molar-refractivity contribution is -0.181. The van der Waals surface area contributed by atoms with Crippen molar-refractivity contribution in [1.29, 1.82) is 0 Å². The molecule has 0 radical (unpaired) electrons. The van der Waals surface area contributed by atoms with E-state index in [1.165, 1.54) is 30.3 Å². The lowest BCUT2D eigenvalue weighted by Gasteiger charge is -2.41. The van der Waals surface area contributed by atoms with Gasteiger partial charge in [0.05, 0.1) is 16.7 Å².